The number of rotatable bonds is 7. The number of ether oxygens (including phenoxy) is 1. The van der Waals surface area contributed by atoms with Crippen molar-refractivity contribution in [1.29, 1.82) is 0 Å². The summed E-state index contributed by atoms with van der Waals surface area (Å²) >= 11 is 5.14. The molecule has 2 aliphatic heterocycles. The number of hydrogen-bond donors (Lipinski definition) is 1. The summed E-state index contributed by atoms with van der Waals surface area (Å²) in [7, 11) is 0. The SMILES string of the molecule is O=C(O)c1ccc(COc2c(I)cc(/C=C3/SC(=O)N(CC(=O)N4CCCC4)C3=O)cc2I)cc1. The molecule has 3 amide bonds. The van der Waals surface area contributed by atoms with Gasteiger partial charge in [0.25, 0.3) is 11.1 Å². The summed E-state index contributed by atoms with van der Waals surface area (Å²) in [5.41, 5.74) is 1.79. The van der Waals surface area contributed by atoms with Gasteiger partial charge in [0.05, 0.1) is 17.6 Å². The summed E-state index contributed by atoms with van der Waals surface area (Å²) in [6.45, 7) is 1.39. The minimum Gasteiger partial charge on any atom is -0.487 e. The first-order valence-electron chi connectivity index (χ1n) is 10.7. The Balaban J connectivity index is 1.44. The van der Waals surface area contributed by atoms with E-state index in [2.05, 4.69) is 45.2 Å². The number of aromatic carboxylic acids is 1. The van der Waals surface area contributed by atoms with Gasteiger partial charge in [-0.05, 0) is 111 Å². The number of hydrogen-bond acceptors (Lipinski definition) is 6. The van der Waals surface area contributed by atoms with Gasteiger partial charge in [-0.15, -0.1) is 0 Å². The van der Waals surface area contributed by atoms with Gasteiger partial charge in [0.1, 0.15) is 18.9 Å². The number of imide groups is 1. The van der Waals surface area contributed by atoms with Crippen molar-refractivity contribution in [2.75, 3.05) is 19.6 Å². The normalized spacial score (nSPS) is 16.9. The largest absolute Gasteiger partial charge is 0.487 e. The van der Waals surface area contributed by atoms with Crippen molar-refractivity contribution < 1.29 is 29.0 Å². The van der Waals surface area contributed by atoms with Gasteiger partial charge in [0.2, 0.25) is 5.91 Å². The van der Waals surface area contributed by atoms with Crippen molar-refractivity contribution in [3.05, 3.63) is 65.1 Å². The van der Waals surface area contributed by atoms with Gasteiger partial charge in [-0.1, -0.05) is 12.1 Å². The van der Waals surface area contributed by atoms with Gasteiger partial charge in [-0.3, -0.25) is 19.3 Å². The molecule has 2 saturated heterocycles. The molecule has 2 aromatic rings. The summed E-state index contributed by atoms with van der Waals surface area (Å²) in [6.07, 6.45) is 3.55. The van der Waals surface area contributed by atoms with E-state index < -0.39 is 17.1 Å². The molecule has 0 spiro atoms. The maximum Gasteiger partial charge on any atom is 0.335 e. The molecule has 0 bridgehead atoms. The van der Waals surface area contributed by atoms with E-state index in [0.29, 0.717) is 18.8 Å². The molecule has 1 N–H and O–H groups in total. The fourth-order valence-corrected chi connectivity index (χ4v) is 6.66. The first-order chi connectivity index (χ1) is 16.7. The first kappa shape index (κ1) is 25.9. The average molecular weight is 718 g/mol. The lowest BCUT2D eigenvalue weighted by Gasteiger charge is -2.18. The topological polar surface area (TPSA) is 104 Å². The Bertz CT molecular complexity index is 1200. The molecule has 2 heterocycles. The number of carbonyl (C=O) groups excluding carboxylic acids is 3. The third-order valence-electron chi connectivity index (χ3n) is 5.53. The van der Waals surface area contributed by atoms with E-state index in [9.17, 15) is 19.2 Å². The van der Waals surface area contributed by atoms with E-state index in [4.69, 9.17) is 9.84 Å². The molecule has 182 valence electrons. The van der Waals surface area contributed by atoms with E-state index in [1.54, 1.807) is 23.1 Å². The third-order valence-corrected chi connectivity index (χ3v) is 8.04. The molecule has 0 saturated carbocycles. The molecule has 2 aromatic carbocycles. The van der Waals surface area contributed by atoms with Crippen LogP contribution in [0.25, 0.3) is 6.08 Å². The van der Waals surface area contributed by atoms with Gasteiger partial charge in [-0.2, -0.15) is 0 Å². The highest BCUT2D eigenvalue weighted by Crippen LogP contribution is 2.35. The molecule has 0 aromatic heterocycles. The van der Waals surface area contributed by atoms with Crippen LogP contribution in [0.15, 0.2) is 41.3 Å². The van der Waals surface area contributed by atoms with Crippen LogP contribution in [0.1, 0.15) is 34.3 Å². The Morgan fingerprint density at radius 2 is 1.69 bits per heavy atom. The minimum absolute atomic E-state index is 0.200. The zero-order chi connectivity index (χ0) is 25.1. The number of carboxylic acid groups (broad SMARTS) is 1. The maximum absolute atomic E-state index is 12.8. The molecule has 8 nitrogen and oxygen atoms in total. The van der Waals surface area contributed by atoms with Crippen LogP contribution in [0.3, 0.4) is 0 Å². The molecule has 2 aliphatic rings. The third kappa shape index (κ3) is 6.17. The number of carbonyl (C=O) groups is 4. The minimum atomic E-state index is -0.979. The molecule has 0 unspecified atom stereocenters. The molecule has 0 atom stereocenters. The quantitative estimate of drug-likeness (QED) is 0.323. The van der Waals surface area contributed by atoms with Crippen molar-refractivity contribution in [2.45, 2.75) is 19.4 Å². The lowest BCUT2D eigenvalue weighted by atomic mass is 10.1. The van der Waals surface area contributed by atoms with E-state index >= 15 is 0 Å². The Kier molecular flexibility index (Phi) is 8.37. The summed E-state index contributed by atoms with van der Waals surface area (Å²) in [6, 6.07) is 10.2. The monoisotopic (exact) mass is 718 g/mol. The highest BCUT2D eigenvalue weighted by atomic mass is 127. The number of nitrogens with zero attached hydrogens (tertiary/aromatic N) is 2. The number of carboxylic acids is 1. The van der Waals surface area contributed by atoms with Gasteiger partial charge in [0.15, 0.2) is 0 Å². The van der Waals surface area contributed by atoms with Crippen LogP contribution in [0.5, 0.6) is 5.75 Å². The number of likely N-dealkylation sites (tertiary alicyclic amines) is 1. The summed E-state index contributed by atoms with van der Waals surface area (Å²) in [4.78, 5) is 51.6. The molecule has 0 aliphatic carbocycles. The van der Waals surface area contributed by atoms with E-state index in [0.717, 1.165) is 47.8 Å². The standard InChI is InChI=1S/C24H20I2N2O6S/c25-17-9-15(10-18(26)21(17)34-13-14-3-5-16(6-4-14)23(31)32)11-19-22(30)28(24(33)35-19)12-20(29)27-7-1-2-8-27/h3-6,9-11H,1-2,7-8,12-13H2,(H,31,32)/b19-11+. The fraction of sp³-hybridized carbons (Fsp3) is 0.250. The van der Waals surface area contributed by atoms with Crippen molar-refractivity contribution in [3.63, 3.8) is 0 Å². The summed E-state index contributed by atoms with van der Waals surface area (Å²) < 4.78 is 7.62. The van der Waals surface area contributed by atoms with Crippen molar-refractivity contribution >= 4 is 86.0 Å². The Hall–Kier alpha value is -2.13. The van der Waals surface area contributed by atoms with Crippen LogP contribution in [-0.4, -0.2) is 57.6 Å². The highest BCUT2D eigenvalue weighted by molar-refractivity contribution is 14.1. The predicted octanol–water partition coefficient (Wildman–Crippen LogP) is 4.83. The predicted molar refractivity (Wildman–Crippen MR) is 148 cm³/mol. The first-order valence-corrected chi connectivity index (χ1v) is 13.7. The molecule has 35 heavy (non-hydrogen) atoms. The maximum atomic E-state index is 12.8. The molecule has 4 rings (SSSR count). The van der Waals surface area contributed by atoms with Crippen LogP contribution < -0.4 is 4.74 Å². The van der Waals surface area contributed by atoms with Crippen LogP contribution in [0.2, 0.25) is 0 Å². The average Bonchev–Trinajstić information content (AvgIpc) is 3.44. The van der Waals surface area contributed by atoms with Crippen LogP contribution in [-0.2, 0) is 16.2 Å². The number of thioether (sulfide) groups is 1. The van der Waals surface area contributed by atoms with Crippen molar-refractivity contribution in [2.24, 2.45) is 0 Å². The summed E-state index contributed by atoms with van der Waals surface area (Å²) in [5.74, 6) is -0.958. The molecule has 0 radical (unpaired) electrons. The van der Waals surface area contributed by atoms with Gasteiger partial charge in [0, 0.05) is 13.1 Å². The van der Waals surface area contributed by atoms with E-state index in [1.165, 1.54) is 12.1 Å². The number of amides is 3. The Morgan fingerprint density at radius 1 is 1.06 bits per heavy atom. The zero-order valence-corrected chi connectivity index (χ0v) is 23.5. The fourth-order valence-electron chi connectivity index (χ4n) is 3.69. The molecule has 11 heteroatoms. The second kappa shape index (κ2) is 11.3. The Labute approximate surface area is 233 Å². The van der Waals surface area contributed by atoms with Crippen molar-refractivity contribution in [3.8, 4) is 5.75 Å². The lowest BCUT2D eigenvalue weighted by molar-refractivity contribution is -0.135. The van der Waals surface area contributed by atoms with Crippen LogP contribution >= 0.6 is 56.9 Å². The molecule has 2 fully saturated rings. The zero-order valence-electron chi connectivity index (χ0n) is 18.3. The van der Waals surface area contributed by atoms with Crippen molar-refractivity contribution in [1.82, 2.24) is 9.80 Å². The molecular formula is C24H20I2N2O6S. The number of benzene rings is 2. The second-order valence-corrected chi connectivity index (χ2v) is 11.3. The van der Waals surface area contributed by atoms with Crippen LogP contribution in [0, 0.1) is 7.14 Å². The van der Waals surface area contributed by atoms with Gasteiger partial charge in [-0.25, -0.2) is 4.79 Å². The molecular weight excluding hydrogens is 698 g/mol. The summed E-state index contributed by atoms with van der Waals surface area (Å²) in [5, 5.41) is 8.58. The smallest absolute Gasteiger partial charge is 0.335 e. The highest BCUT2D eigenvalue weighted by Gasteiger charge is 2.37. The van der Waals surface area contributed by atoms with E-state index in [-0.39, 0.29) is 29.5 Å². The van der Waals surface area contributed by atoms with Gasteiger partial charge < -0.3 is 14.7 Å². The Morgan fingerprint density at radius 3 is 2.29 bits per heavy atom. The lowest BCUT2D eigenvalue weighted by Crippen LogP contribution is -2.40. The number of halogens is 2. The van der Waals surface area contributed by atoms with Crippen LogP contribution in [0.4, 0.5) is 4.79 Å². The van der Waals surface area contributed by atoms with E-state index in [1.807, 2.05) is 12.1 Å². The van der Waals surface area contributed by atoms with Gasteiger partial charge >= 0.3 is 5.97 Å². The second-order valence-electron chi connectivity index (χ2n) is 7.96.